The predicted octanol–water partition coefficient (Wildman–Crippen LogP) is 3.25. The molecule has 20 heavy (non-hydrogen) atoms. The molecule has 0 fully saturated rings. The maximum absolute atomic E-state index is 13.1. The van der Waals surface area contributed by atoms with Crippen molar-refractivity contribution in [3.63, 3.8) is 0 Å². The molecule has 0 aromatic heterocycles. The molecule has 1 amide bonds. The minimum absolute atomic E-state index is 0.241. The average molecular weight is 275 g/mol. The number of hydrogen-bond donors (Lipinski definition) is 1. The van der Waals surface area contributed by atoms with E-state index < -0.39 is 0 Å². The Hall–Kier alpha value is -2.23. The molecule has 0 atom stereocenters. The van der Waals surface area contributed by atoms with Crippen molar-refractivity contribution in [3.05, 3.63) is 70.8 Å². The van der Waals surface area contributed by atoms with Gasteiger partial charge in [0.2, 0.25) is 0 Å². The van der Waals surface area contributed by atoms with E-state index >= 15 is 0 Å². The first-order valence-electron chi connectivity index (χ1n) is 6.35. The Labute approximate surface area is 116 Å². The standard InChI is InChI=1S/C16H15F2NO/c1-11-10-13(4-7-15(11)18)16(20)19-9-8-12-2-5-14(17)6-3-12/h2-7,10H,8-9H2,1H3,(H,19,20). The summed E-state index contributed by atoms with van der Waals surface area (Å²) in [6.45, 7) is 2.06. The highest BCUT2D eigenvalue weighted by molar-refractivity contribution is 5.94. The second kappa shape index (κ2) is 6.28. The third-order valence-corrected chi connectivity index (χ3v) is 3.03. The van der Waals surface area contributed by atoms with Gasteiger partial charge >= 0.3 is 0 Å². The molecule has 0 aliphatic heterocycles. The van der Waals surface area contributed by atoms with Crippen LogP contribution in [0.4, 0.5) is 8.78 Å². The van der Waals surface area contributed by atoms with Crippen molar-refractivity contribution in [3.8, 4) is 0 Å². The van der Waals surface area contributed by atoms with E-state index in [0.717, 1.165) is 5.56 Å². The Bertz CT molecular complexity index is 608. The average Bonchev–Trinajstić information content (AvgIpc) is 2.44. The van der Waals surface area contributed by atoms with Crippen molar-refractivity contribution >= 4 is 5.91 Å². The Morgan fingerprint density at radius 1 is 1.10 bits per heavy atom. The zero-order chi connectivity index (χ0) is 14.5. The molecule has 2 rings (SSSR count). The van der Waals surface area contributed by atoms with Gasteiger partial charge in [0.05, 0.1) is 0 Å². The molecule has 104 valence electrons. The van der Waals surface area contributed by atoms with E-state index in [0.29, 0.717) is 24.1 Å². The molecule has 0 aliphatic carbocycles. The third kappa shape index (κ3) is 3.63. The van der Waals surface area contributed by atoms with Gasteiger partial charge in [0.15, 0.2) is 0 Å². The summed E-state index contributed by atoms with van der Waals surface area (Å²) in [5.41, 5.74) is 1.82. The first-order chi connectivity index (χ1) is 9.56. The van der Waals surface area contributed by atoms with Crippen molar-refractivity contribution in [2.75, 3.05) is 6.54 Å². The molecular weight excluding hydrogens is 260 g/mol. The van der Waals surface area contributed by atoms with Crippen molar-refractivity contribution in [1.82, 2.24) is 5.32 Å². The van der Waals surface area contributed by atoms with Crippen LogP contribution in [0.1, 0.15) is 21.5 Å². The molecule has 2 aromatic carbocycles. The van der Waals surface area contributed by atoms with Crippen LogP contribution in [0.25, 0.3) is 0 Å². The molecule has 0 saturated carbocycles. The number of aryl methyl sites for hydroxylation is 1. The topological polar surface area (TPSA) is 29.1 Å². The molecule has 0 heterocycles. The van der Waals surface area contributed by atoms with Gasteiger partial charge in [-0.05, 0) is 54.8 Å². The number of nitrogens with one attached hydrogen (secondary N) is 1. The van der Waals surface area contributed by atoms with E-state index in [1.165, 1.54) is 30.3 Å². The minimum atomic E-state index is -0.326. The van der Waals surface area contributed by atoms with E-state index in [1.807, 2.05) is 0 Å². The van der Waals surface area contributed by atoms with Crippen molar-refractivity contribution in [1.29, 1.82) is 0 Å². The van der Waals surface area contributed by atoms with Gasteiger partial charge in [-0.15, -0.1) is 0 Å². The van der Waals surface area contributed by atoms with Gasteiger partial charge in [-0.2, -0.15) is 0 Å². The lowest BCUT2D eigenvalue weighted by atomic mass is 10.1. The largest absolute Gasteiger partial charge is 0.352 e. The lowest BCUT2D eigenvalue weighted by molar-refractivity contribution is 0.0954. The highest BCUT2D eigenvalue weighted by Gasteiger charge is 2.07. The van der Waals surface area contributed by atoms with E-state index in [4.69, 9.17) is 0 Å². The lowest BCUT2D eigenvalue weighted by Crippen LogP contribution is -2.25. The van der Waals surface area contributed by atoms with Crippen molar-refractivity contribution < 1.29 is 13.6 Å². The monoisotopic (exact) mass is 275 g/mol. The number of benzene rings is 2. The van der Waals surface area contributed by atoms with Crippen LogP contribution >= 0.6 is 0 Å². The van der Waals surface area contributed by atoms with Gasteiger partial charge in [-0.3, -0.25) is 4.79 Å². The maximum atomic E-state index is 13.1. The van der Waals surface area contributed by atoms with Crippen LogP contribution in [0.2, 0.25) is 0 Å². The maximum Gasteiger partial charge on any atom is 0.251 e. The highest BCUT2D eigenvalue weighted by Crippen LogP contribution is 2.09. The quantitative estimate of drug-likeness (QED) is 0.911. The summed E-state index contributed by atoms with van der Waals surface area (Å²) in [6.07, 6.45) is 0.617. The van der Waals surface area contributed by atoms with E-state index in [1.54, 1.807) is 19.1 Å². The molecule has 0 unspecified atom stereocenters. The summed E-state index contributed by atoms with van der Waals surface area (Å²) in [7, 11) is 0. The van der Waals surface area contributed by atoms with E-state index in [9.17, 15) is 13.6 Å². The van der Waals surface area contributed by atoms with Gasteiger partial charge in [0.1, 0.15) is 11.6 Å². The first kappa shape index (κ1) is 14.2. The van der Waals surface area contributed by atoms with Crippen molar-refractivity contribution in [2.45, 2.75) is 13.3 Å². The molecule has 0 radical (unpaired) electrons. The second-order valence-electron chi connectivity index (χ2n) is 4.60. The van der Waals surface area contributed by atoms with Crippen LogP contribution in [0, 0.1) is 18.6 Å². The first-order valence-corrected chi connectivity index (χ1v) is 6.35. The van der Waals surface area contributed by atoms with Gasteiger partial charge in [0, 0.05) is 12.1 Å². The summed E-state index contributed by atoms with van der Waals surface area (Å²) < 4.78 is 25.8. The molecule has 0 aliphatic rings. The molecule has 2 aromatic rings. The Balaban J connectivity index is 1.88. The van der Waals surface area contributed by atoms with Gasteiger partial charge < -0.3 is 5.32 Å². The van der Waals surface area contributed by atoms with E-state index in [2.05, 4.69) is 5.32 Å². The molecule has 2 nitrogen and oxygen atoms in total. The molecule has 1 N–H and O–H groups in total. The summed E-state index contributed by atoms with van der Waals surface area (Å²) in [4.78, 5) is 11.9. The molecule has 4 heteroatoms. The third-order valence-electron chi connectivity index (χ3n) is 3.03. The number of hydrogen-bond acceptors (Lipinski definition) is 1. The van der Waals surface area contributed by atoms with Crippen LogP contribution < -0.4 is 5.32 Å². The number of halogens is 2. The smallest absolute Gasteiger partial charge is 0.251 e. The summed E-state index contributed by atoms with van der Waals surface area (Å²) in [6, 6.07) is 10.4. The number of rotatable bonds is 4. The Kier molecular flexibility index (Phi) is 4.45. The Morgan fingerprint density at radius 3 is 2.45 bits per heavy atom. The number of carbonyl (C=O) groups is 1. The van der Waals surface area contributed by atoms with Gasteiger partial charge in [-0.25, -0.2) is 8.78 Å². The fourth-order valence-corrected chi connectivity index (χ4v) is 1.86. The van der Waals surface area contributed by atoms with Gasteiger partial charge in [0.25, 0.3) is 5.91 Å². The molecule has 0 bridgehead atoms. The Morgan fingerprint density at radius 2 is 1.80 bits per heavy atom. The molecule has 0 spiro atoms. The highest BCUT2D eigenvalue weighted by atomic mass is 19.1. The van der Waals surface area contributed by atoms with Crippen LogP contribution in [-0.2, 0) is 6.42 Å². The molecular formula is C16H15F2NO. The zero-order valence-electron chi connectivity index (χ0n) is 11.1. The molecule has 0 saturated heterocycles. The van der Waals surface area contributed by atoms with Crippen molar-refractivity contribution in [2.24, 2.45) is 0 Å². The summed E-state index contributed by atoms with van der Waals surface area (Å²) in [5.74, 6) is -0.845. The number of carbonyl (C=O) groups excluding carboxylic acids is 1. The van der Waals surface area contributed by atoms with Crippen LogP contribution in [-0.4, -0.2) is 12.5 Å². The summed E-state index contributed by atoms with van der Waals surface area (Å²) in [5, 5.41) is 2.75. The van der Waals surface area contributed by atoms with Crippen LogP contribution in [0.15, 0.2) is 42.5 Å². The van der Waals surface area contributed by atoms with Crippen LogP contribution in [0.3, 0.4) is 0 Å². The van der Waals surface area contributed by atoms with Crippen LogP contribution in [0.5, 0.6) is 0 Å². The number of amides is 1. The lowest BCUT2D eigenvalue weighted by Gasteiger charge is -2.06. The normalized spacial score (nSPS) is 10.3. The predicted molar refractivity (Wildman–Crippen MR) is 73.6 cm³/mol. The van der Waals surface area contributed by atoms with E-state index in [-0.39, 0.29) is 17.5 Å². The zero-order valence-corrected chi connectivity index (χ0v) is 11.1. The summed E-state index contributed by atoms with van der Waals surface area (Å²) >= 11 is 0. The van der Waals surface area contributed by atoms with Gasteiger partial charge in [-0.1, -0.05) is 12.1 Å². The SMILES string of the molecule is Cc1cc(C(=O)NCCc2ccc(F)cc2)ccc1F. The second-order valence-corrected chi connectivity index (χ2v) is 4.60. The fourth-order valence-electron chi connectivity index (χ4n) is 1.86. The fraction of sp³-hybridized carbons (Fsp3) is 0.188. The minimum Gasteiger partial charge on any atom is -0.352 e.